The van der Waals surface area contributed by atoms with Crippen LogP contribution in [0.5, 0.6) is 5.88 Å². The van der Waals surface area contributed by atoms with Gasteiger partial charge >= 0.3 is 17.7 Å². The molecule has 1 heterocycles. The molecule has 1 fully saturated rings. The van der Waals surface area contributed by atoms with Crippen molar-refractivity contribution in [2.45, 2.75) is 44.8 Å². The molecule has 0 saturated heterocycles. The van der Waals surface area contributed by atoms with Crippen LogP contribution >= 0.6 is 0 Å². The number of nitrogens with zero attached hydrogens (tertiary/aromatic N) is 3. The minimum Gasteiger partial charge on any atom is -0.462 e. The van der Waals surface area contributed by atoms with Crippen molar-refractivity contribution in [2.75, 3.05) is 0 Å². The van der Waals surface area contributed by atoms with Crippen molar-refractivity contribution in [3.05, 3.63) is 10.1 Å². The van der Waals surface area contributed by atoms with E-state index < -0.39 is 28.9 Å². The summed E-state index contributed by atoms with van der Waals surface area (Å²) in [6.07, 6.45) is 2.19. The molecule has 2 unspecified atom stereocenters. The number of rotatable bonds is 4. The third-order valence-corrected chi connectivity index (χ3v) is 2.84. The maximum atomic E-state index is 11.0. The van der Waals surface area contributed by atoms with Crippen LogP contribution in [-0.2, 0) is 9.53 Å². The molecular weight excluding hydrogens is 258 g/mol. The first-order valence-electron chi connectivity index (χ1n) is 5.88. The summed E-state index contributed by atoms with van der Waals surface area (Å²) < 4.78 is 14.8. The molecule has 2 atom stereocenters. The smallest absolute Gasteiger partial charge is 0.462 e. The Morgan fingerprint density at radius 3 is 2.68 bits per heavy atom. The molecule has 0 amide bonds. The van der Waals surface area contributed by atoms with Crippen molar-refractivity contribution in [3.63, 3.8) is 0 Å². The molecule has 0 N–H and O–H groups in total. The Morgan fingerprint density at radius 2 is 2.05 bits per heavy atom. The molecule has 1 aromatic rings. The van der Waals surface area contributed by atoms with E-state index in [0.717, 1.165) is 12.8 Å². The summed E-state index contributed by atoms with van der Waals surface area (Å²) in [6, 6.07) is 0. The molecule has 19 heavy (non-hydrogen) atoms. The SMILES string of the molecule is CC(=O)OC1CCCCC1Oc1nonc1[N+](=O)[O-]. The van der Waals surface area contributed by atoms with Crippen LogP contribution in [0.4, 0.5) is 5.82 Å². The van der Waals surface area contributed by atoms with Crippen molar-refractivity contribution < 1.29 is 23.8 Å². The van der Waals surface area contributed by atoms with Crippen LogP contribution in [0.1, 0.15) is 32.6 Å². The van der Waals surface area contributed by atoms with Gasteiger partial charge in [-0.05, 0) is 30.6 Å². The molecule has 9 nitrogen and oxygen atoms in total. The number of hydrogen-bond donors (Lipinski definition) is 0. The molecule has 0 spiro atoms. The predicted molar refractivity (Wildman–Crippen MR) is 59.4 cm³/mol. The third-order valence-electron chi connectivity index (χ3n) is 2.84. The van der Waals surface area contributed by atoms with Crippen molar-refractivity contribution >= 4 is 11.8 Å². The van der Waals surface area contributed by atoms with Gasteiger partial charge < -0.3 is 19.6 Å². The Hall–Kier alpha value is -2.19. The van der Waals surface area contributed by atoms with Gasteiger partial charge in [0, 0.05) is 12.1 Å². The predicted octanol–water partition coefficient (Wildman–Crippen LogP) is 1.23. The highest BCUT2D eigenvalue weighted by Crippen LogP contribution is 2.29. The van der Waals surface area contributed by atoms with Crippen LogP contribution in [0.25, 0.3) is 0 Å². The van der Waals surface area contributed by atoms with Gasteiger partial charge in [0.15, 0.2) is 5.16 Å². The molecule has 1 aliphatic carbocycles. The lowest BCUT2D eigenvalue weighted by molar-refractivity contribution is -0.392. The van der Waals surface area contributed by atoms with Crippen molar-refractivity contribution in [1.82, 2.24) is 10.3 Å². The summed E-state index contributed by atoms with van der Waals surface area (Å²) in [5.74, 6) is -1.27. The number of hydrogen-bond acceptors (Lipinski definition) is 8. The first kappa shape index (κ1) is 13.2. The van der Waals surface area contributed by atoms with Gasteiger partial charge in [0.05, 0.1) is 0 Å². The van der Waals surface area contributed by atoms with E-state index in [1.807, 2.05) is 0 Å². The Bertz CT molecular complexity index is 474. The summed E-state index contributed by atoms with van der Waals surface area (Å²) in [4.78, 5) is 20.9. The molecule has 1 aliphatic rings. The maximum Gasteiger partial charge on any atom is 0.478 e. The Balaban J connectivity index is 2.08. The summed E-state index contributed by atoms with van der Waals surface area (Å²) in [5.41, 5.74) is 0. The molecular formula is C10H13N3O6. The molecule has 0 aliphatic heterocycles. The Kier molecular flexibility index (Phi) is 3.93. The van der Waals surface area contributed by atoms with Gasteiger partial charge in [-0.15, -0.1) is 4.63 Å². The average molecular weight is 271 g/mol. The number of esters is 1. The largest absolute Gasteiger partial charge is 0.478 e. The lowest BCUT2D eigenvalue weighted by Gasteiger charge is -2.29. The van der Waals surface area contributed by atoms with E-state index in [1.54, 1.807) is 0 Å². The number of carbonyl (C=O) groups excluding carboxylic acids is 1. The monoisotopic (exact) mass is 271 g/mol. The second-order valence-corrected chi connectivity index (χ2v) is 4.24. The molecule has 2 rings (SSSR count). The van der Waals surface area contributed by atoms with E-state index in [0.29, 0.717) is 12.8 Å². The number of ether oxygens (including phenoxy) is 2. The fourth-order valence-corrected chi connectivity index (χ4v) is 2.05. The lowest BCUT2D eigenvalue weighted by Crippen LogP contribution is -2.38. The second kappa shape index (κ2) is 5.63. The van der Waals surface area contributed by atoms with E-state index in [4.69, 9.17) is 9.47 Å². The Morgan fingerprint density at radius 1 is 1.37 bits per heavy atom. The zero-order chi connectivity index (χ0) is 13.8. The minimum absolute atomic E-state index is 0.283. The van der Waals surface area contributed by atoms with Crippen LogP contribution in [0.15, 0.2) is 4.63 Å². The van der Waals surface area contributed by atoms with Gasteiger partial charge in [0.2, 0.25) is 0 Å². The van der Waals surface area contributed by atoms with E-state index >= 15 is 0 Å². The second-order valence-electron chi connectivity index (χ2n) is 4.24. The number of aromatic nitrogens is 2. The first-order chi connectivity index (χ1) is 9.08. The normalized spacial score (nSPS) is 22.8. The van der Waals surface area contributed by atoms with Gasteiger partial charge in [-0.25, -0.2) is 0 Å². The third kappa shape index (κ3) is 3.18. The first-order valence-corrected chi connectivity index (χ1v) is 5.88. The standard InChI is InChI=1S/C10H13N3O6/c1-6(14)17-7-4-2-3-5-8(7)18-10-9(13(15)16)11-19-12-10/h7-8H,2-5H2,1H3. The summed E-state index contributed by atoms with van der Waals surface area (Å²) in [6.45, 7) is 1.31. The molecule has 1 saturated carbocycles. The van der Waals surface area contributed by atoms with E-state index in [-0.39, 0.29) is 5.88 Å². The van der Waals surface area contributed by atoms with Crippen molar-refractivity contribution in [2.24, 2.45) is 0 Å². The zero-order valence-corrected chi connectivity index (χ0v) is 10.3. The van der Waals surface area contributed by atoms with Gasteiger partial charge in [-0.1, -0.05) is 0 Å². The van der Waals surface area contributed by atoms with Gasteiger partial charge in [-0.2, -0.15) is 0 Å². The van der Waals surface area contributed by atoms with Crippen LogP contribution in [-0.4, -0.2) is 33.4 Å². The van der Waals surface area contributed by atoms with Crippen molar-refractivity contribution in [3.8, 4) is 5.88 Å². The average Bonchev–Trinajstić information content (AvgIpc) is 2.79. The van der Waals surface area contributed by atoms with E-state index in [2.05, 4.69) is 14.9 Å². The summed E-state index contributed by atoms with van der Waals surface area (Å²) in [7, 11) is 0. The highest BCUT2D eigenvalue weighted by Gasteiger charge is 2.34. The molecule has 0 radical (unpaired) electrons. The molecule has 0 bridgehead atoms. The maximum absolute atomic E-state index is 11.0. The fourth-order valence-electron chi connectivity index (χ4n) is 2.05. The van der Waals surface area contributed by atoms with Crippen LogP contribution in [0.2, 0.25) is 0 Å². The fraction of sp³-hybridized carbons (Fsp3) is 0.700. The highest BCUT2D eigenvalue weighted by atomic mass is 16.7. The molecule has 1 aromatic heterocycles. The van der Waals surface area contributed by atoms with Crippen LogP contribution < -0.4 is 4.74 Å². The quantitative estimate of drug-likeness (QED) is 0.455. The van der Waals surface area contributed by atoms with Gasteiger partial charge in [0.25, 0.3) is 0 Å². The highest BCUT2D eigenvalue weighted by molar-refractivity contribution is 5.66. The zero-order valence-electron chi connectivity index (χ0n) is 10.3. The van der Waals surface area contributed by atoms with E-state index in [9.17, 15) is 14.9 Å². The van der Waals surface area contributed by atoms with Gasteiger partial charge in [-0.3, -0.25) is 4.79 Å². The van der Waals surface area contributed by atoms with Crippen LogP contribution in [0.3, 0.4) is 0 Å². The number of nitro groups is 1. The topological polar surface area (TPSA) is 118 Å². The minimum atomic E-state index is -0.741. The summed E-state index contributed by atoms with van der Waals surface area (Å²) >= 11 is 0. The van der Waals surface area contributed by atoms with E-state index in [1.165, 1.54) is 6.92 Å². The Labute approximate surface area is 108 Å². The van der Waals surface area contributed by atoms with Gasteiger partial charge in [0.1, 0.15) is 12.2 Å². The van der Waals surface area contributed by atoms with Crippen LogP contribution in [0, 0.1) is 10.1 Å². The molecule has 104 valence electrons. The lowest BCUT2D eigenvalue weighted by atomic mass is 9.94. The van der Waals surface area contributed by atoms with Crippen molar-refractivity contribution in [1.29, 1.82) is 0 Å². The molecule has 0 aromatic carbocycles. The number of carbonyl (C=O) groups is 1. The summed E-state index contributed by atoms with van der Waals surface area (Å²) in [5, 5.41) is 17.2. The molecule has 9 heteroatoms.